The Balaban J connectivity index is 1.24. The van der Waals surface area contributed by atoms with E-state index in [1.807, 2.05) is 36.4 Å². The average Bonchev–Trinajstić information content (AvgIpc) is 3.84. The van der Waals surface area contributed by atoms with Crippen molar-refractivity contribution in [2.75, 3.05) is 6.61 Å². The predicted octanol–water partition coefficient (Wildman–Crippen LogP) is 9.68. The Labute approximate surface area is 288 Å². The number of allylic oxidation sites excluding steroid dienone is 3. The molecule has 0 saturated carbocycles. The van der Waals surface area contributed by atoms with Crippen LogP contribution in [-0.2, 0) is 12.8 Å². The third-order valence-electron chi connectivity index (χ3n) is 10.7. The minimum absolute atomic E-state index is 0.101. The Hall–Kier alpha value is -6.50. The number of fused-ring (bicyclic) bond motifs is 12. The van der Waals surface area contributed by atoms with Gasteiger partial charge in [-0.05, 0) is 67.3 Å². The molecule has 5 aromatic carbocycles. The van der Waals surface area contributed by atoms with Crippen molar-refractivity contribution >= 4 is 32.7 Å². The van der Waals surface area contributed by atoms with E-state index in [9.17, 15) is 10.5 Å². The van der Waals surface area contributed by atoms with Crippen molar-refractivity contribution in [3.05, 3.63) is 155 Å². The van der Waals surface area contributed by atoms with Gasteiger partial charge in [0.2, 0.25) is 0 Å². The Morgan fingerprint density at radius 1 is 0.700 bits per heavy atom. The number of benzene rings is 5. The molecule has 0 radical (unpaired) electrons. The summed E-state index contributed by atoms with van der Waals surface area (Å²) in [5, 5.41) is 24.4. The van der Waals surface area contributed by atoms with Crippen molar-refractivity contribution < 1.29 is 9.47 Å². The van der Waals surface area contributed by atoms with Crippen molar-refractivity contribution in [3.63, 3.8) is 0 Å². The van der Waals surface area contributed by atoms with Gasteiger partial charge in [-0.3, -0.25) is 0 Å². The molecule has 3 aliphatic rings. The highest BCUT2D eigenvalue weighted by molar-refractivity contribution is 6.13. The van der Waals surface area contributed by atoms with Crippen molar-refractivity contribution in [2.45, 2.75) is 31.3 Å². The van der Waals surface area contributed by atoms with Crippen LogP contribution in [0.3, 0.4) is 0 Å². The number of ether oxygens (including phenoxy) is 2. The SMILES string of the molecule is N#Cc1cc(C#N)c(-n2c3ccccc3c3c4c(ccc32)C/C=C\C=C/CO4)cc1-n1c2c(c3ccccc31)C1Oc3ccccc3C1CC2. The van der Waals surface area contributed by atoms with Crippen molar-refractivity contribution in [3.8, 4) is 35.0 Å². The van der Waals surface area contributed by atoms with E-state index in [0.717, 1.165) is 86.1 Å². The molecule has 6 nitrogen and oxygen atoms in total. The summed E-state index contributed by atoms with van der Waals surface area (Å²) in [5.41, 5.74) is 10.0. The molecule has 238 valence electrons. The first-order valence-electron chi connectivity index (χ1n) is 17.1. The van der Waals surface area contributed by atoms with Crippen LogP contribution in [-0.4, -0.2) is 15.7 Å². The summed E-state index contributed by atoms with van der Waals surface area (Å²) in [6.45, 7) is 0.461. The summed E-state index contributed by atoms with van der Waals surface area (Å²) in [6, 6.07) is 38.1. The predicted molar refractivity (Wildman–Crippen MR) is 195 cm³/mol. The molecule has 1 aliphatic carbocycles. The Kier molecular flexibility index (Phi) is 6.28. The fourth-order valence-electron chi connectivity index (χ4n) is 8.61. The van der Waals surface area contributed by atoms with Crippen LogP contribution in [0, 0.1) is 22.7 Å². The van der Waals surface area contributed by atoms with Gasteiger partial charge >= 0.3 is 0 Å². The van der Waals surface area contributed by atoms with E-state index in [-0.39, 0.29) is 12.0 Å². The lowest BCUT2D eigenvalue weighted by atomic mass is 9.81. The van der Waals surface area contributed by atoms with Gasteiger partial charge in [-0.1, -0.05) is 78.9 Å². The van der Waals surface area contributed by atoms with Gasteiger partial charge in [0.15, 0.2) is 0 Å². The summed E-state index contributed by atoms with van der Waals surface area (Å²) < 4.78 is 17.6. The van der Waals surface area contributed by atoms with Gasteiger partial charge in [-0.15, -0.1) is 0 Å². The topological polar surface area (TPSA) is 75.9 Å². The molecule has 50 heavy (non-hydrogen) atoms. The molecule has 0 fully saturated rings. The normalized spacial score (nSPS) is 18.7. The second-order valence-corrected chi connectivity index (χ2v) is 13.2. The summed E-state index contributed by atoms with van der Waals surface area (Å²) in [5.74, 6) is 2.09. The molecule has 2 aliphatic heterocycles. The molecule has 4 heterocycles. The van der Waals surface area contributed by atoms with E-state index in [1.165, 1.54) is 11.1 Å². The van der Waals surface area contributed by atoms with Crippen LogP contribution < -0.4 is 9.47 Å². The molecule has 0 spiro atoms. The van der Waals surface area contributed by atoms with Crippen LogP contribution in [0.5, 0.6) is 11.5 Å². The van der Waals surface area contributed by atoms with Gasteiger partial charge in [0, 0.05) is 33.5 Å². The molecule has 0 amide bonds. The Bertz CT molecular complexity index is 2710. The standard InChI is InChI=1S/C44H30N4O2/c45-25-28-23-29(26-46)39(48-35-16-8-5-14-33(35)42-37(48)21-19-31-30-12-6-9-17-40(30)50-44(31)42)24-38(28)47-34-15-7-4-13-32(34)41-36(47)20-18-27-11-3-1-2-10-22-49-43(27)41/h1-10,12-18,20,23-24,31,44H,11,19,21-22H2/b3-1-,10-2-. The fourth-order valence-corrected chi connectivity index (χ4v) is 8.61. The lowest BCUT2D eigenvalue weighted by Crippen LogP contribution is -2.19. The second-order valence-electron chi connectivity index (χ2n) is 13.2. The van der Waals surface area contributed by atoms with Crippen LogP contribution in [0.4, 0.5) is 0 Å². The number of rotatable bonds is 2. The quantitative estimate of drug-likeness (QED) is 0.187. The summed E-state index contributed by atoms with van der Waals surface area (Å²) in [4.78, 5) is 0. The first kappa shape index (κ1) is 28.5. The third-order valence-corrected chi connectivity index (χ3v) is 10.7. The van der Waals surface area contributed by atoms with E-state index in [2.05, 4.69) is 100 Å². The summed E-state index contributed by atoms with van der Waals surface area (Å²) in [7, 11) is 0. The average molecular weight is 647 g/mol. The van der Waals surface area contributed by atoms with E-state index >= 15 is 0 Å². The van der Waals surface area contributed by atoms with Crippen LogP contribution >= 0.6 is 0 Å². The van der Waals surface area contributed by atoms with Crippen LogP contribution in [0.25, 0.3) is 44.1 Å². The number of para-hydroxylation sites is 3. The lowest BCUT2D eigenvalue weighted by Gasteiger charge is -2.27. The smallest absolute Gasteiger partial charge is 0.133 e. The molecule has 2 unspecified atom stereocenters. The molecular weight excluding hydrogens is 617 g/mol. The number of hydrogen-bond donors (Lipinski definition) is 0. The maximum absolute atomic E-state index is 10.6. The van der Waals surface area contributed by atoms with E-state index in [0.29, 0.717) is 17.7 Å². The fraction of sp³-hybridized carbons (Fsp3) is 0.136. The minimum Gasteiger partial charge on any atom is -0.488 e. The Morgan fingerprint density at radius 2 is 1.42 bits per heavy atom. The maximum atomic E-state index is 10.6. The van der Waals surface area contributed by atoms with E-state index in [1.54, 1.807) is 6.07 Å². The molecule has 7 aromatic rings. The van der Waals surface area contributed by atoms with Crippen LogP contribution in [0.2, 0.25) is 0 Å². The maximum Gasteiger partial charge on any atom is 0.133 e. The number of aromatic nitrogens is 2. The van der Waals surface area contributed by atoms with Crippen LogP contribution in [0.1, 0.15) is 52.0 Å². The molecule has 6 heteroatoms. The van der Waals surface area contributed by atoms with Crippen molar-refractivity contribution in [1.82, 2.24) is 9.13 Å². The molecule has 0 saturated heterocycles. The molecule has 2 atom stereocenters. The zero-order chi connectivity index (χ0) is 33.3. The minimum atomic E-state index is -0.101. The van der Waals surface area contributed by atoms with Gasteiger partial charge < -0.3 is 18.6 Å². The van der Waals surface area contributed by atoms with Gasteiger partial charge in [0.25, 0.3) is 0 Å². The zero-order valence-corrected chi connectivity index (χ0v) is 27.1. The number of hydrogen-bond acceptors (Lipinski definition) is 4. The first-order chi connectivity index (χ1) is 24.7. The first-order valence-corrected chi connectivity index (χ1v) is 17.1. The molecule has 10 rings (SSSR count). The largest absolute Gasteiger partial charge is 0.488 e. The molecular formula is C44H30N4O2. The lowest BCUT2D eigenvalue weighted by molar-refractivity contribution is 0.196. The summed E-state index contributed by atoms with van der Waals surface area (Å²) in [6.07, 6.45) is 10.7. The van der Waals surface area contributed by atoms with Gasteiger partial charge in [0.1, 0.15) is 36.3 Å². The van der Waals surface area contributed by atoms with Gasteiger partial charge in [0.05, 0.1) is 44.4 Å². The zero-order valence-electron chi connectivity index (χ0n) is 27.1. The molecule has 0 bridgehead atoms. The highest BCUT2D eigenvalue weighted by Crippen LogP contribution is 2.54. The highest BCUT2D eigenvalue weighted by atomic mass is 16.5. The van der Waals surface area contributed by atoms with Crippen molar-refractivity contribution in [1.29, 1.82) is 10.5 Å². The summed E-state index contributed by atoms with van der Waals surface area (Å²) >= 11 is 0. The van der Waals surface area contributed by atoms with E-state index in [4.69, 9.17) is 9.47 Å². The van der Waals surface area contributed by atoms with E-state index < -0.39 is 0 Å². The molecule has 0 N–H and O–H groups in total. The van der Waals surface area contributed by atoms with Crippen LogP contribution in [0.15, 0.2) is 121 Å². The Morgan fingerprint density at radius 3 is 2.26 bits per heavy atom. The highest BCUT2D eigenvalue weighted by Gasteiger charge is 2.42. The second kappa shape index (κ2) is 11.0. The van der Waals surface area contributed by atoms with Gasteiger partial charge in [-0.2, -0.15) is 10.5 Å². The van der Waals surface area contributed by atoms with Gasteiger partial charge in [-0.25, -0.2) is 0 Å². The van der Waals surface area contributed by atoms with Crippen molar-refractivity contribution in [2.24, 2.45) is 0 Å². The number of nitriles is 2. The monoisotopic (exact) mass is 646 g/mol. The third kappa shape index (κ3) is 4.00. The molecule has 2 aromatic heterocycles. The number of nitrogens with zero attached hydrogens (tertiary/aromatic N) is 4.